The normalized spacial score (nSPS) is 40.8. The predicted octanol–water partition coefficient (Wildman–Crippen LogP) is -5.58. The predicted molar refractivity (Wildman–Crippen MR) is 155 cm³/mol. The number of amides is 3. The lowest BCUT2D eigenvalue weighted by atomic mass is 9.93. The van der Waals surface area contributed by atoms with Crippen molar-refractivity contribution in [3.63, 3.8) is 0 Å². The molecule has 47 heavy (non-hydrogen) atoms. The van der Waals surface area contributed by atoms with Crippen molar-refractivity contribution < 1.29 is 78.9 Å². The zero-order valence-corrected chi connectivity index (χ0v) is 26.5. The van der Waals surface area contributed by atoms with Gasteiger partial charge in [-0.15, -0.1) is 0 Å². The second-order valence-corrected chi connectivity index (χ2v) is 11.9. The van der Waals surface area contributed by atoms with Crippen molar-refractivity contribution in [3.05, 3.63) is 0 Å². The summed E-state index contributed by atoms with van der Waals surface area (Å²) in [4.78, 5) is 36.8. The third kappa shape index (κ3) is 9.75. The van der Waals surface area contributed by atoms with Crippen LogP contribution in [-0.2, 0) is 38.1 Å². The molecule has 15 atom stereocenters. The molecule has 3 amide bonds. The Balaban J connectivity index is 1.84. The first-order chi connectivity index (χ1) is 22.3. The first kappa shape index (κ1) is 39.3. The minimum atomic E-state index is -1.86. The van der Waals surface area contributed by atoms with Crippen LogP contribution >= 0.6 is 0 Å². The number of unbranched alkanes of at least 4 members (excludes halogenated alkanes) is 2. The Morgan fingerprint density at radius 3 is 1.68 bits per heavy atom. The number of aliphatic hydroxyl groups is 8. The van der Waals surface area contributed by atoms with Gasteiger partial charge in [0.1, 0.15) is 73.1 Å². The second-order valence-electron chi connectivity index (χ2n) is 11.9. The highest BCUT2D eigenvalue weighted by molar-refractivity contribution is 5.77. The van der Waals surface area contributed by atoms with E-state index in [2.05, 4.69) is 16.0 Å². The van der Waals surface area contributed by atoms with Crippen molar-refractivity contribution in [3.8, 4) is 0 Å². The maximum absolute atomic E-state index is 12.6. The molecular weight excluding hydrogens is 634 g/mol. The van der Waals surface area contributed by atoms with Gasteiger partial charge >= 0.3 is 0 Å². The van der Waals surface area contributed by atoms with Crippen LogP contribution in [0.5, 0.6) is 0 Å². The van der Waals surface area contributed by atoms with E-state index in [1.807, 2.05) is 6.92 Å². The number of rotatable bonds is 14. The molecule has 19 heteroatoms. The van der Waals surface area contributed by atoms with Gasteiger partial charge in [0.2, 0.25) is 17.7 Å². The molecule has 272 valence electrons. The van der Waals surface area contributed by atoms with E-state index in [1.54, 1.807) is 0 Å². The second kappa shape index (κ2) is 18.0. The van der Waals surface area contributed by atoms with Crippen molar-refractivity contribution >= 4 is 17.7 Å². The van der Waals surface area contributed by atoms with Crippen molar-refractivity contribution in [2.24, 2.45) is 0 Å². The smallest absolute Gasteiger partial charge is 0.222 e. The fourth-order valence-corrected chi connectivity index (χ4v) is 5.78. The number of carbonyl (C=O) groups is 3. The van der Waals surface area contributed by atoms with E-state index in [9.17, 15) is 55.2 Å². The quantitative estimate of drug-likeness (QED) is 0.0761. The van der Waals surface area contributed by atoms with Gasteiger partial charge in [0.25, 0.3) is 0 Å². The van der Waals surface area contributed by atoms with Gasteiger partial charge in [-0.25, -0.2) is 0 Å². The van der Waals surface area contributed by atoms with Gasteiger partial charge in [-0.1, -0.05) is 19.8 Å². The van der Waals surface area contributed by atoms with E-state index < -0.39 is 129 Å². The highest BCUT2D eigenvalue weighted by atomic mass is 16.7. The summed E-state index contributed by atoms with van der Waals surface area (Å²) in [5, 5.41) is 90.8. The van der Waals surface area contributed by atoms with E-state index in [0.717, 1.165) is 19.8 Å². The molecule has 3 aliphatic heterocycles. The Morgan fingerprint density at radius 1 is 0.617 bits per heavy atom. The molecule has 0 saturated carbocycles. The molecule has 0 aromatic rings. The number of aliphatic hydroxyl groups excluding tert-OH is 8. The molecule has 3 rings (SSSR count). The number of hydrogen-bond acceptors (Lipinski definition) is 16. The largest absolute Gasteiger partial charge is 0.394 e. The van der Waals surface area contributed by atoms with Crippen molar-refractivity contribution in [1.82, 2.24) is 16.0 Å². The minimum absolute atomic E-state index is 0.154. The fourth-order valence-electron chi connectivity index (χ4n) is 5.78. The maximum atomic E-state index is 12.6. The molecule has 11 N–H and O–H groups in total. The van der Waals surface area contributed by atoms with Gasteiger partial charge in [0, 0.05) is 20.3 Å². The van der Waals surface area contributed by atoms with Gasteiger partial charge in [0.15, 0.2) is 18.8 Å². The lowest BCUT2D eigenvalue weighted by Gasteiger charge is -2.49. The Morgan fingerprint density at radius 2 is 1.13 bits per heavy atom. The van der Waals surface area contributed by atoms with Crippen molar-refractivity contribution in [1.29, 1.82) is 0 Å². The van der Waals surface area contributed by atoms with Crippen molar-refractivity contribution in [2.45, 2.75) is 138 Å². The fraction of sp³-hybridized carbons (Fsp3) is 0.893. The third-order valence-corrected chi connectivity index (χ3v) is 8.23. The van der Waals surface area contributed by atoms with Crippen LogP contribution in [0.25, 0.3) is 0 Å². The maximum Gasteiger partial charge on any atom is 0.222 e. The number of hydrogen-bond donors (Lipinski definition) is 11. The van der Waals surface area contributed by atoms with Crippen molar-refractivity contribution in [2.75, 3.05) is 19.8 Å². The lowest BCUT2D eigenvalue weighted by Crippen LogP contribution is -2.71. The Kier molecular flexibility index (Phi) is 15.1. The Hall–Kier alpha value is -2.11. The summed E-state index contributed by atoms with van der Waals surface area (Å²) in [5.74, 6) is -1.68. The Bertz CT molecular complexity index is 1020. The molecule has 0 aliphatic carbocycles. The summed E-state index contributed by atoms with van der Waals surface area (Å²) in [6.45, 7) is 1.92. The number of ether oxygens (including phenoxy) is 5. The lowest BCUT2D eigenvalue weighted by molar-refractivity contribution is -0.358. The summed E-state index contributed by atoms with van der Waals surface area (Å²) in [5.41, 5.74) is 0. The van der Waals surface area contributed by atoms with Gasteiger partial charge in [-0.05, 0) is 6.42 Å². The molecule has 3 aliphatic rings. The topological polar surface area (TPSA) is 295 Å². The summed E-state index contributed by atoms with van der Waals surface area (Å²) < 4.78 is 28.7. The molecule has 0 aromatic heterocycles. The molecule has 0 spiro atoms. The molecule has 0 radical (unpaired) electrons. The third-order valence-electron chi connectivity index (χ3n) is 8.23. The van der Waals surface area contributed by atoms with Gasteiger partial charge in [0.05, 0.1) is 19.8 Å². The van der Waals surface area contributed by atoms with Crippen LogP contribution in [0.3, 0.4) is 0 Å². The van der Waals surface area contributed by atoms with Crippen LogP contribution in [0.4, 0.5) is 0 Å². The molecular formula is C28H49N3O16. The molecule has 3 saturated heterocycles. The van der Waals surface area contributed by atoms with Gasteiger partial charge in [-0.3, -0.25) is 14.4 Å². The van der Waals surface area contributed by atoms with E-state index in [0.29, 0.717) is 6.42 Å². The Labute approximate surface area is 271 Å². The molecule has 0 aromatic carbocycles. The zero-order chi connectivity index (χ0) is 35.0. The highest BCUT2D eigenvalue weighted by Gasteiger charge is 2.54. The molecule has 3 heterocycles. The first-order valence-electron chi connectivity index (χ1n) is 15.6. The van der Waals surface area contributed by atoms with Crippen LogP contribution in [0.2, 0.25) is 0 Å². The van der Waals surface area contributed by atoms with Crippen LogP contribution in [0.1, 0.15) is 46.5 Å². The van der Waals surface area contributed by atoms with E-state index in [1.165, 1.54) is 6.92 Å². The van der Waals surface area contributed by atoms with E-state index in [4.69, 9.17) is 23.7 Å². The molecule has 0 bridgehead atoms. The van der Waals surface area contributed by atoms with Crippen LogP contribution in [0, 0.1) is 0 Å². The summed E-state index contributed by atoms with van der Waals surface area (Å²) in [6, 6.07) is -2.77. The average molecular weight is 684 g/mol. The standard InChI is InChI=1S/C28H49N3O16/c1-4-5-6-7-16(37)31-26-17(29-11(2)35)20(39)24(14(9-33)43-26)46-27-18(30-12(3)36)21(40)25(15(10-34)45-27)47-28-23(42)22(41)19(38)13(8-32)44-28/h13-15,17-28,32-34,38-42H,4-10H2,1-3H3,(H,29,35)(H,30,36)(H,31,37)/t13?,14?,15?,17?,18?,19-,20+,21+,22-,23?,24-,25-,26+,27-,28-/m0/s1. The van der Waals surface area contributed by atoms with Crippen LogP contribution < -0.4 is 16.0 Å². The summed E-state index contributed by atoms with van der Waals surface area (Å²) in [7, 11) is 0. The molecule has 6 unspecified atom stereocenters. The van der Waals surface area contributed by atoms with E-state index in [-0.39, 0.29) is 6.42 Å². The van der Waals surface area contributed by atoms with Crippen LogP contribution in [-0.4, -0.2) is 170 Å². The average Bonchev–Trinajstić information content (AvgIpc) is 3.02. The van der Waals surface area contributed by atoms with E-state index >= 15 is 0 Å². The minimum Gasteiger partial charge on any atom is -0.394 e. The first-order valence-corrected chi connectivity index (χ1v) is 15.6. The monoisotopic (exact) mass is 683 g/mol. The SMILES string of the molecule is CCCCCC(=O)N[C@@H]1OC(CO)[C@H](O[C@@H]2OC(CO)[C@H](O[C@@H]3OC(CO)[C@H](O)[C@H](O)C3O)[C@H](O)C2NC(C)=O)[C@H](O)C1NC(C)=O. The van der Waals surface area contributed by atoms with Gasteiger partial charge in [-0.2, -0.15) is 0 Å². The summed E-state index contributed by atoms with van der Waals surface area (Å²) >= 11 is 0. The zero-order valence-electron chi connectivity index (χ0n) is 26.5. The summed E-state index contributed by atoms with van der Waals surface area (Å²) in [6.07, 6.45) is -18.2. The molecule has 3 fully saturated rings. The molecule has 19 nitrogen and oxygen atoms in total. The highest BCUT2D eigenvalue weighted by Crippen LogP contribution is 2.32. The number of nitrogens with one attached hydrogen (secondary N) is 3. The number of carbonyl (C=O) groups excluding carboxylic acids is 3. The van der Waals surface area contributed by atoms with Crippen LogP contribution in [0.15, 0.2) is 0 Å². The van der Waals surface area contributed by atoms with Gasteiger partial charge < -0.3 is 80.5 Å².